The van der Waals surface area contributed by atoms with Gasteiger partial charge in [-0.3, -0.25) is 4.79 Å². The van der Waals surface area contributed by atoms with Gasteiger partial charge < -0.3 is 65.1 Å². The highest BCUT2D eigenvalue weighted by Gasteiger charge is 2.51. The molecule has 0 aliphatic carbocycles. The summed E-state index contributed by atoms with van der Waals surface area (Å²) in [6.07, 6.45) is 63.5. The second-order valence-corrected chi connectivity index (χ2v) is 25.0. The van der Waals surface area contributed by atoms with E-state index in [1.54, 1.807) is 6.08 Å². The van der Waals surface area contributed by atoms with Crippen molar-refractivity contribution in [3.8, 4) is 0 Å². The minimum Gasteiger partial charge on any atom is -0.394 e. The molecule has 2 saturated heterocycles. The van der Waals surface area contributed by atoms with Crippen molar-refractivity contribution < 1.29 is 64.6 Å². The maximum absolute atomic E-state index is 13.3. The van der Waals surface area contributed by atoms with Gasteiger partial charge in [-0.25, -0.2) is 0 Å². The predicted molar refractivity (Wildman–Crippen MR) is 360 cm³/mol. The van der Waals surface area contributed by atoms with E-state index in [1.807, 2.05) is 6.08 Å². The molecule has 0 aromatic rings. The second-order valence-electron chi connectivity index (χ2n) is 25.0. The number of rotatable bonds is 58. The summed E-state index contributed by atoms with van der Waals surface area (Å²) >= 11 is 0. The van der Waals surface area contributed by atoms with Gasteiger partial charge in [-0.1, -0.05) is 285 Å². The molecule has 2 fully saturated rings. The van der Waals surface area contributed by atoms with Crippen molar-refractivity contribution in [3.05, 3.63) is 85.1 Å². The van der Waals surface area contributed by atoms with Crippen LogP contribution in [-0.2, 0) is 23.7 Å². The van der Waals surface area contributed by atoms with Crippen molar-refractivity contribution in [2.45, 2.75) is 357 Å². The summed E-state index contributed by atoms with van der Waals surface area (Å²) in [6.45, 7) is 2.69. The van der Waals surface area contributed by atoms with Gasteiger partial charge in [0, 0.05) is 6.42 Å². The van der Waals surface area contributed by atoms with Crippen LogP contribution in [0.2, 0.25) is 0 Å². The minimum absolute atomic E-state index is 0.248. The molecule has 12 atom stereocenters. The molecule has 2 aliphatic rings. The van der Waals surface area contributed by atoms with Crippen molar-refractivity contribution in [1.29, 1.82) is 0 Å². The molecule has 9 N–H and O–H groups in total. The van der Waals surface area contributed by atoms with E-state index in [4.69, 9.17) is 18.9 Å². The first-order valence-corrected chi connectivity index (χ1v) is 35.8. The number of carbonyl (C=O) groups excluding carboxylic acids is 1. The third-order valence-electron chi connectivity index (χ3n) is 17.1. The van der Waals surface area contributed by atoms with Crippen LogP contribution >= 0.6 is 0 Å². The van der Waals surface area contributed by atoms with Crippen molar-refractivity contribution in [2.75, 3.05) is 19.8 Å². The zero-order valence-corrected chi connectivity index (χ0v) is 55.4. The van der Waals surface area contributed by atoms with Crippen LogP contribution in [0.15, 0.2) is 85.1 Å². The lowest BCUT2D eigenvalue weighted by atomic mass is 9.97. The van der Waals surface area contributed by atoms with Crippen molar-refractivity contribution in [2.24, 2.45) is 0 Å². The monoisotopic (exact) mass is 1240 g/mol. The molecule has 0 bridgehead atoms. The first-order chi connectivity index (χ1) is 43.1. The highest BCUT2D eigenvalue weighted by molar-refractivity contribution is 5.76. The number of carbonyl (C=O) groups is 1. The number of nitrogens with one attached hydrogen (secondary N) is 1. The quantitative estimate of drug-likeness (QED) is 0.0204. The largest absolute Gasteiger partial charge is 0.394 e. The molecule has 0 saturated carbocycles. The number of hydrogen-bond acceptors (Lipinski definition) is 13. The summed E-state index contributed by atoms with van der Waals surface area (Å²) in [5.74, 6) is -0.248. The molecule has 0 radical (unpaired) electrons. The average molecular weight is 1240 g/mol. The number of aliphatic hydroxyl groups excluding tert-OH is 8. The molecule has 12 unspecified atom stereocenters. The number of unbranched alkanes of at least 4 members (excludes halogenated alkanes) is 33. The summed E-state index contributed by atoms with van der Waals surface area (Å²) in [6, 6.07) is -0.936. The molecule has 88 heavy (non-hydrogen) atoms. The van der Waals surface area contributed by atoms with Crippen molar-refractivity contribution in [1.82, 2.24) is 5.32 Å². The Bertz CT molecular complexity index is 1800. The van der Waals surface area contributed by atoms with E-state index in [0.717, 1.165) is 64.2 Å². The van der Waals surface area contributed by atoms with Gasteiger partial charge in [0.05, 0.1) is 32.0 Å². The van der Waals surface area contributed by atoms with E-state index in [2.05, 4.69) is 92.1 Å². The first kappa shape index (κ1) is 81.3. The third kappa shape index (κ3) is 41.6. The number of aliphatic hydroxyl groups is 8. The second kappa shape index (κ2) is 58.0. The summed E-state index contributed by atoms with van der Waals surface area (Å²) in [5.41, 5.74) is 0. The van der Waals surface area contributed by atoms with Gasteiger partial charge in [0.15, 0.2) is 12.6 Å². The Labute approximate surface area is 535 Å². The standard InChI is InChI=1S/C74H131NO13/c1-3-5-7-9-11-13-15-17-19-21-23-25-26-27-28-29-30-31-32-33-34-35-36-38-40-42-44-46-48-50-52-54-56-58-66(79)75-62(63(78)57-55-53-51-49-47-45-43-41-39-37-24-22-20-18-16-14-12-10-8-6-4-2)61-85-73-71(84)69(82)72(65(60-77)87-73)88-74-70(83)68(81)67(80)64(59-76)86-74/h5,7,11,13,17,19,23,25,27-28,47,49,55,57,62-65,67-74,76-78,80-84H,3-4,6,8-10,12,14-16,18,20-22,24,26,29-46,48,50-54,56,58-61H2,1-2H3,(H,75,79)/b7-5-,13-11-,19-17-,25-23-,28-27-,49-47+,57-55+. The van der Waals surface area contributed by atoms with Gasteiger partial charge in [-0.2, -0.15) is 0 Å². The Morgan fingerprint density at radius 3 is 1.25 bits per heavy atom. The van der Waals surface area contributed by atoms with Gasteiger partial charge >= 0.3 is 0 Å². The SMILES string of the molecule is CC/C=C\C/C=C\C/C=C\C/C=C\C/C=C\CCCCCCCCCCCCCCCCCCCC(=O)NC(COC1OC(CO)C(OC2OC(CO)C(O)C(O)C2O)C(O)C1O)C(O)/C=C/CC/C=C/CCCCCCCCCCCCCCCCC. The zero-order chi connectivity index (χ0) is 63.8. The Morgan fingerprint density at radius 2 is 0.795 bits per heavy atom. The van der Waals surface area contributed by atoms with Crippen molar-refractivity contribution >= 4 is 5.91 Å². The highest BCUT2D eigenvalue weighted by Crippen LogP contribution is 2.30. The minimum atomic E-state index is -1.79. The van der Waals surface area contributed by atoms with E-state index < -0.39 is 86.8 Å². The smallest absolute Gasteiger partial charge is 0.220 e. The van der Waals surface area contributed by atoms with Gasteiger partial charge in [-0.15, -0.1) is 0 Å². The molecule has 2 heterocycles. The molecule has 14 heteroatoms. The summed E-state index contributed by atoms with van der Waals surface area (Å²) in [5, 5.41) is 87.4. The lowest BCUT2D eigenvalue weighted by Gasteiger charge is -2.46. The van der Waals surface area contributed by atoms with Crippen LogP contribution in [0.5, 0.6) is 0 Å². The summed E-state index contributed by atoms with van der Waals surface area (Å²) < 4.78 is 22.8. The maximum atomic E-state index is 13.3. The lowest BCUT2D eigenvalue weighted by Crippen LogP contribution is -2.65. The molecule has 510 valence electrons. The Balaban J connectivity index is 1.66. The van der Waals surface area contributed by atoms with Gasteiger partial charge in [-0.05, 0) is 77.0 Å². The summed E-state index contributed by atoms with van der Waals surface area (Å²) in [7, 11) is 0. The van der Waals surface area contributed by atoms with Crippen LogP contribution in [0.4, 0.5) is 0 Å². The fourth-order valence-corrected chi connectivity index (χ4v) is 11.4. The molecule has 2 rings (SSSR count). The Morgan fingerprint density at radius 1 is 0.420 bits per heavy atom. The maximum Gasteiger partial charge on any atom is 0.220 e. The number of allylic oxidation sites excluding steroid dienone is 13. The van der Waals surface area contributed by atoms with Crippen LogP contribution < -0.4 is 5.32 Å². The molecule has 0 aromatic heterocycles. The molecule has 0 aromatic carbocycles. The summed E-state index contributed by atoms with van der Waals surface area (Å²) in [4.78, 5) is 13.3. The van der Waals surface area contributed by atoms with Gasteiger partial charge in [0.2, 0.25) is 5.91 Å². The zero-order valence-electron chi connectivity index (χ0n) is 55.4. The topological polar surface area (TPSA) is 228 Å². The van der Waals surface area contributed by atoms with Crippen LogP contribution in [0, 0.1) is 0 Å². The van der Waals surface area contributed by atoms with Gasteiger partial charge in [0.25, 0.3) is 0 Å². The Kier molecular flexibility index (Phi) is 53.6. The highest BCUT2D eigenvalue weighted by atomic mass is 16.7. The number of hydrogen-bond donors (Lipinski definition) is 9. The predicted octanol–water partition coefficient (Wildman–Crippen LogP) is 14.8. The van der Waals surface area contributed by atoms with E-state index in [-0.39, 0.29) is 18.9 Å². The molecule has 14 nitrogen and oxygen atoms in total. The molecular formula is C74H131NO13. The number of amides is 1. The van der Waals surface area contributed by atoms with Gasteiger partial charge in [0.1, 0.15) is 48.8 Å². The van der Waals surface area contributed by atoms with Crippen LogP contribution in [0.25, 0.3) is 0 Å². The molecule has 2 aliphatic heterocycles. The molecule has 1 amide bonds. The molecule has 0 spiro atoms. The average Bonchev–Trinajstić information content (AvgIpc) is 2.07. The normalized spacial score (nSPS) is 23.7. The van der Waals surface area contributed by atoms with E-state index in [9.17, 15) is 45.6 Å². The van der Waals surface area contributed by atoms with Crippen LogP contribution in [0.1, 0.15) is 284 Å². The van der Waals surface area contributed by atoms with E-state index in [1.165, 1.54) is 186 Å². The van der Waals surface area contributed by atoms with E-state index >= 15 is 0 Å². The van der Waals surface area contributed by atoms with Crippen LogP contribution in [-0.4, -0.2) is 140 Å². The lowest BCUT2D eigenvalue weighted by molar-refractivity contribution is -0.359. The third-order valence-corrected chi connectivity index (χ3v) is 17.1. The van der Waals surface area contributed by atoms with E-state index in [0.29, 0.717) is 12.8 Å². The Hall–Kier alpha value is -2.83. The number of ether oxygens (including phenoxy) is 4. The fraction of sp³-hybridized carbons (Fsp3) is 0.797. The molecular weight excluding hydrogens is 1110 g/mol. The van der Waals surface area contributed by atoms with Crippen LogP contribution in [0.3, 0.4) is 0 Å². The first-order valence-electron chi connectivity index (χ1n) is 35.8. The van der Waals surface area contributed by atoms with Crippen molar-refractivity contribution in [3.63, 3.8) is 0 Å². The fourth-order valence-electron chi connectivity index (χ4n) is 11.4.